The molecular weight excluding hydrogens is 472 g/mol. The predicted octanol–water partition coefficient (Wildman–Crippen LogP) is 6.11. The van der Waals surface area contributed by atoms with Gasteiger partial charge in [0.2, 0.25) is 0 Å². The number of amides is 1. The minimum absolute atomic E-state index is 0.105. The van der Waals surface area contributed by atoms with Gasteiger partial charge >= 0.3 is 0 Å². The van der Waals surface area contributed by atoms with Crippen LogP contribution in [0.15, 0.2) is 72.9 Å². The van der Waals surface area contributed by atoms with Crippen molar-refractivity contribution in [3.63, 3.8) is 0 Å². The molecule has 0 radical (unpaired) electrons. The Hall–Kier alpha value is -4.10. The molecule has 0 aliphatic carbocycles. The van der Waals surface area contributed by atoms with Crippen molar-refractivity contribution in [1.29, 1.82) is 0 Å². The van der Waals surface area contributed by atoms with E-state index in [9.17, 15) is 4.79 Å². The van der Waals surface area contributed by atoms with Crippen LogP contribution in [-0.4, -0.2) is 38.8 Å². The number of nitrogens with one attached hydrogen (secondary N) is 1. The molecular formula is C29H26N2O4S. The fraction of sp³-hybridized carbons (Fsp3) is 0.172. The third-order valence-electron chi connectivity index (χ3n) is 6.14. The lowest BCUT2D eigenvalue weighted by atomic mass is 10.0. The highest BCUT2D eigenvalue weighted by atomic mass is 32.1. The van der Waals surface area contributed by atoms with E-state index in [1.807, 2.05) is 72.9 Å². The van der Waals surface area contributed by atoms with Gasteiger partial charge in [0.05, 0.1) is 26.8 Å². The Kier molecular flexibility index (Phi) is 6.73. The fourth-order valence-electron chi connectivity index (χ4n) is 4.33. The summed E-state index contributed by atoms with van der Waals surface area (Å²) in [5.41, 5.74) is 3.80. The zero-order valence-corrected chi connectivity index (χ0v) is 21.1. The maximum absolute atomic E-state index is 13.5. The molecule has 7 heteroatoms. The van der Waals surface area contributed by atoms with Gasteiger partial charge in [0.25, 0.3) is 5.91 Å². The second kappa shape index (κ2) is 10.3. The number of hydrogen-bond acceptors (Lipinski definition) is 6. The second-order valence-corrected chi connectivity index (χ2v) is 9.27. The van der Waals surface area contributed by atoms with Gasteiger partial charge in [-0.1, -0.05) is 36.4 Å². The first-order valence-corrected chi connectivity index (χ1v) is 12.4. The molecule has 1 N–H and O–H groups in total. The number of thiophene rings is 1. The lowest BCUT2D eigenvalue weighted by Crippen LogP contribution is -2.25. The molecule has 6 nitrogen and oxygen atoms in total. The highest BCUT2D eigenvalue weighted by Gasteiger charge is 2.21. The fourth-order valence-corrected chi connectivity index (χ4v) is 5.56. The van der Waals surface area contributed by atoms with E-state index in [1.165, 1.54) is 11.3 Å². The maximum atomic E-state index is 13.5. The number of methoxy groups -OCH3 is 3. The molecule has 0 saturated heterocycles. The predicted molar refractivity (Wildman–Crippen MR) is 145 cm³/mol. The number of ether oxygens (including phenoxy) is 3. The first-order valence-electron chi connectivity index (χ1n) is 11.6. The van der Waals surface area contributed by atoms with Gasteiger partial charge in [-0.15, -0.1) is 11.3 Å². The summed E-state index contributed by atoms with van der Waals surface area (Å²) in [6.45, 7) is 0.490. The lowest BCUT2D eigenvalue weighted by Gasteiger charge is -2.10. The number of carbonyl (C=O) groups excluding carboxylic acids is 1. The van der Waals surface area contributed by atoms with Crippen molar-refractivity contribution in [3.8, 4) is 28.4 Å². The molecule has 0 bridgehead atoms. The van der Waals surface area contributed by atoms with E-state index in [-0.39, 0.29) is 5.91 Å². The van der Waals surface area contributed by atoms with Crippen LogP contribution >= 0.6 is 11.3 Å². The van der Waals surface area contributed by atoms with Crippen LogP contribution in [0.4, 0.5) is 0 Å². The first-order chi connectivity index (χ1) is 17.6. The van der Waals surface area contributed by atoms with Gasteiger partial charge in [-0.3, -0.25) is 9.78 Å². The van der Waals surface area contributed by atoms with E-state index < -0.39 is 0 Å². The van der Waals surface area contributed by atoms with Crippen molar-refractivity contribution in [1.82, 2.24) is 10.3 Å². The molecule has 182 valence electrons. The number of benzene rings is 3. The highest BCUT2D eigenvalue weighted by molar-refractivity contribution is 7.22. The summed E-state index contributed by atoms with van der Waals surface area (Å²) in [4.78, 5) is 18.8. The van der Waals surface area contributed by atoms with Gasteiger partial charge in [-0.05, 0) is 47.9 Å². The Morgan fingerprint density at radius 1 is 0.889 bits per heavy atom. The van der Waals surface area contributed by atoms with E-state index in [4.69, 9.17) is 14.2 Å². The zero-order chi connectivity index (χ0) is 25.1. The molecule has 0 atom stereocenters. The van der Waals surface area contributed by atoms with Crippen LogP contribution < -0.4 is 19.5 Å². The van der Waals surface area contributed by atoms with E-state index in [0.29, 0.717) is 29.3 Å². The quantitative estimate of drug-likeness (QED) is 0.279. The molecule has 3 aromatic carbocycles. The maximum Gasteiger partial charge on any atom is 0.262 e. The van der Waals surface area contributed by atoms with Gasteiger partial charge in [-0.25, -0.2) is 0 Å². The molecule has 1 amide bonds. The number of pyridine rings is 1. The molecule has 36 heavy (non-hydrogen) atoms. The Labute approximate surface area is 213 Å². The van der Waals surface area contributed by atoms with Crippen LogP contribution in [0.25, 0.3) is 32.1 Å². The summed E-state index contributed by atoms with van der Waals surface area (Å²) in [5, 5.41) is 5.04. The minimum Gasteiger partial charge on any atom is -0.497 e. The van der Waals surface area contributed by atoms with Crippen molar-refractivity contribution in [2.24, 2.45) is 0 Å². The molecule has 0 aliphatic rings. The second-order valence-electron chi connectivity index (χ2n) is 8.25. The van der Waals surface area contributed by atoms with Gasteiger partial charge in [0.1, 0.15) is 10.6 Å². The molecule has 5 aromatic rings. The number of rotatable bonds is 8. The summed E-state index contributed by atoms with van der Waals surface area (Å²) < 4.78 is 17.2. The number of carbonyl (C=O) groups is 1. The summed E-state index contributed by atoms with van der Waals surface area (Å²) in [6.07, 6.45) is 2.53. The Balaban J connectivity index is 1.49. The van der Waals surface area contributed by atoms with E-state index in [2.05, 4.69) is 10.3 Å². The van der Waals surface area contributed by atoms with Crippen LogP contribution in [0.2, 0.25) is 0 Å². The lowest BCUT2D eigenvalue weighted by molar-refractivity contribution is 0.0959. The van der Waals surface area contributed by atoms with Crippen LogP contribution in [0.1, 0.15) is 15.2 Å². The van der Waals surface area contributed by atoms with Crippen LogP contribution in [0.3, 0.4) is 0 Å². The number of fused-ring (bicyclic) bond motifs is 3. The number of nitrogens with zero attached hydrogens (tertiary/aromatic N) is 1. The Morgan fingerprint density at radius 2 is 1.69 bits per heavy atom. The van der Waals surface area contributed by atoms with Crippen molar-refractivity contribution < 1.29 is 19.0 Å². The average molecular weight is 499 g/mol. The van der Waals surface area contributed by atoms with Gasteiger partial charge < -0.3 is 19.5 Å². The Morgan fingerprint density at radius 3 is 2.44 bits per heavy atom. The third-order valence-corrected chi connectivity index (χ3v) is 7.38. The van der Waals surface area contributed by atoms with Gasteiger partial charge in [0.15, 0.2) is 11.5 Å². The molecule has 2 heterocycles. The molecule has 0 aliphatic heterocycles. The molecule has 0 spiro atoms. The summed E-state index contributed by atoms with van der Waals surface area (Å²) in [5.74, 6) is 2.01. The van der Waals surface area contributed by atoms with Crippen LogP contribution in [0, 0.1) is 0 Å². The smallest absolute Gasteiger partial charge is 0.262 e. The van der Waals surface area contributed by atoms with Gasteiger partial charge in [0, 0.05) is 33.8 Å². The van der Waals surface area contributed by atoms with Crippen molar-refractivity contribution in [2.45, 2.75) is 6.42 Å². The highest BCUT2D eigenvalue weighted by Crippen LogP contribution is 2.42. The van der Waals surface area contributed by atoms with Crippen molar-refractivity contribution in [2.75, 3.05) is 27.9 Å². The van der Waals surface area contributed by atoms with Crippen molar-refractivity contribution in [3.05, 3.63) is 83.4 Å². The van der Waals surface area contributed by atoms with Crippen LogP contribution in [-0.2, 0) is 6.42 Å². The number of aromatic nitrogens is 1. The van der Waals surface area contributed by atoms with E-state index >= 15 is 0 Å². The summed E-state index contributed by atoms with van der Waals surface area (Å²) >= 11 is 1.49. The van der Waals surface area contributed by atoms with Gasteiger partial charge in [-0.2, -0.15) is 0 Å². The number of hydrogen-bond donors (Lipinski definition) is 1. The minimum atomic E-state index is -0.105. The normalized spacial score (nSPS) is 11.0. The topological polar surface area (TPSA) is 69.7 Å². The molecule has 0 fully saturated rings. The van der Waals surface area contributed by atoms with Crippen molar-refractivity contribution >= 4 is 38.2 Å². The molecule has 0 saturated carbocycles. The summed E-state index contributed by atoms with van der Waals surface area (Å²) in [7, 11) is 4.88. The standard InChI is InChI=1S/C29H26N2O4S/c1-33-20-10-11-23-21(16-20)27-22(17-31-23)26(19-7-5-4-6-8-19)28(36-27)29(32)30-14-13-18-9-12-24(34-2)25(15-18)35-3/h4-12,15-17H,13-14H2,1-3H3,(H,30,32). The first kappa shape index (κ1) is 23.6. The van der Waals surface area contributed by atoms with Crippen LogP contribution in [0.5, 0.6) is 17.2 Å². The summed E-state index contributed by atoms with van der Waals surface area (Å²) in [6, 6.07) is 21.6. The Bertz CT molecular complexity index is 1550. The molecule has 5 rings (SSSR count). The largest absolute Gasteiger partial charge is 0.497 e. The van der Waals surface area contributed by atoms with E-state index in [0.717, 1.165) is 43.4 Å². The molecule has 2 aromatic heterocycles. The van der Waals surface area contributed by atoms with E-state index in [1.54, 1.807) is 21.3 Å². The average Bonchev–Trinajstić information content (AvgIpc) is 3.33. The molecule has 0 unspecified atom stereocenters. The zero-order valence-electron chi connectivity index (χ0n) is 20.3. The third kappa shape index (κ3) is 4.45. The monoisotopic (exact) mass is 498 g/mol. The SMILES string of the molecule is COc1ccc2ncc3c(-c4ccccc4)c(C(=O)NCCc4ccc(OC)c(OC)c4)sc3c2c1.